The zero-order valence-corrected chi connectivity index (χ0v) is 14.4. The summed E-state index contributed by atoms with van der Waals surface area (Å²) < 4.78 is 7.49. The number of aryl methyl sites for hydroxylation is 2. The van der Waals surface area contributed by atoms with Gasteiger partial charge in [-0.05, 0) is 31.5 Å². The first-order valence-corrected chi connectivity index (χ1v) is 7.08. The quantitative estimate of drug-likeness (QED) is 0.499. The van der Waals surface area contributed by atoms with Crippen molar-refractivity contribution in [1.82, 2.24) is 4.98 Å². The first-order chi connectivity index (χ1) is 10.2. The molecule has 0 atom stereocenters. The van der Waals surface area contributed by atoms with Gasteiger partial charge >= 0.3 is 0 Å². The second kappa shape index (κ2) is 5.29. The Labute approximate surface area is 139 Å². The maximum Gasteiger partial charge on any atom is 0.235 e. The first-order valence-electron chi connectivity index (χ1n) is 7.08. The molecule has 22 heavy (non-hydrogen) atoms. The van der Waals surface area contributed by atoms with Gasteiger partial charge in [0.1, 0.15) is 11.3 Å². The number of methoxy groups -OCH3 is 1. The predicted octanol–water partition coefficient (Wildman–Crippen LogP) is 0.689. The lowest BCUT2D eigenvalue weighted by molar-refractivity contribution is -0.511. The summed E-state index contributed by atoms with van der Waals surface area (Å²) in [7, 11) is 1.70. The number of fused-ring (bicyclic) bond motifs is 5. The van der Waals surface area contributed by atoms with Crippen molar-refractivity contribution < 1.29 is 26.1 Å². The summed E-state index contributed by atoms with van der Waals surface area (Å²) in [6.07, 6.45) is 4.30. The number of aromatic amines is 1. The molecule has 0 saturated carbocycles. The molecular weight excluding hydrogens is 340 g/mol. The summed E-state index contributed by atoms with van der Waals surface area (Å²) in [5.41, 5.74) is 6.08. The molecule has 3 nitrogen and oxygen atoms in total. The van der Waals surface area contributed by atoms with Gasteiger partial charge in [0.05, 0.1) is 12.6 Å². The number of nitrogens with one attached hydrogen (secondary N) is 1. The summed E-state index contributed by atoms with van der Waals surface area (Å²) in [5.74, 6) is 0.873. The average Bonchev–Trinajstić information content (AvgIpc) is 2.86. The Hall–Kier alpha value is -2.07. The second-order valence-corrected chi connectivity index (χ2v) is 5.57. The van der Waals surface area contributed by atoms with Crippen LogP contribution in [0.25, 0.3) is 27.3 Å². The molecule has 4 rings (SSSR count). The van der Waals surface area contributed by atoms with E-state index < -0.39 is 0 Å². The molecule has 0 amide bonds. The van der Waals surface area contributed by atoms with Gasteiger partial charge in [0.25, 0.3) is 0 Å². The number of benzene rings is 1. The fourth-order valence-corrected chi connectivity index (χ4v) is 2.95. The highest BCUT2D eigenvalue weighted by Gasteiger charge is 2.14. The van der Waals surface area contributed by atoms with Crippen molar-refractivity contribution in [3.05, 3.63) is 53.9 Å². The highest BCUT2D eigenvalue weighted by Crippen LogP contribution is 2.29. The number of hydrogen-bond donors (Lipinski definition) is 1. The number of hydrogen-bond acceptors (Lipinski definition) is 1. The Morgan fingerprint density at radius 2 is 1.82 bits per heavy atom. The van der Waals surface area contributed by atoms with Gasteiger partial charge in [-0.3, -0.25) is 0 Å². The molecule has 0 spiro atoms. The molecule has 0 fully saturated rings. The average molecular weight is 357 g/mol. The zero-order valence-electron chi connectivity index (χ0n) is 12.8. The molecule has 0 saturated heterocycles. The summed E-state index contributed by atoms with van der Waals surface area (Å²) in [5, 5.41) is 2.47. The Bertz CT molecular complexity index is 1000. The van der Waals surface area contributed by atoms with Gasteiger partial charge in [0.2, 0.25) is 5.52 Å². The van der Waals surface area contributed by atoms with Gasteiger partial charge in [-0.15, -0.1) is 0 Å². The van der Waals surface area contributed by atoms with E-state index >= 15 is 0 Å². The zero-order chi connectivity index (χ0) is 14.6. The van der Waals surface area contributed by atoms with Gasteiger partial charge in [-0.1, -0.05) is 0 Å². The Morgan fingerprint density at radius 1 is 1.00 bits per heavy atom. The van der Waals surface area contributed by atoms with Crippen molar-refractivity contribution in [1.29, 1.82) is 0 Å². The Kier molecular flexibility index (Phi) is 3.57. The maximum absolute atomic E-state index is 5.32. The van der Waals surface area contributed by atoms with Crippen LogP contribution in [0.1, 0.15) is 11.1 Å². The minimum atomic E-state index is 0. The van der Waals surface area contributed by atoms with E-state index in [-0.39, 0.29) is 17.0 Å². The van der Waals surface area contributed by atoms with Crippen molar-refractivity contribution in [3.63, 3.8) is 0 Å². The molecule has 1 aromatic carbocycles. The van der Waals surface area contributed by atoms with Crippen LogP contribution in [0.5, 0.6) is 5.75 Å². The summed E-state index contributed by atoms with van der Waals surface area (Å²) in [4.78, 5) is 3.54. The predicted molar refractivity (Wildman–Crippen MR) is 85.0 cm³/mol. The van der Waals surface area contributed by atoms with E-state index in [0.717, 1.165) is 11.3 Å². The van der Waals surface area contributed by atoms with E-state index in [1.54, 1.807) is 7.11 Å². The van der Waals surface area contributed by atoms with Crippen molar-refractivity contribution in [3.8, 4) is 5.75 Å². The normalized spacial score (nSPS) is 11.0. The molecule has 3 aromatic heterocycles. The van der Waals surface area contributed by atoms with Crippen LogP contribution < -0.4 is 26.1 Å². The highest BCUT2D eigenvalue weighted by molar-refractivity contribution is 6.11. The van der Waals surface area contributed by atoms with E-state index in [4.69, 9.17) is 4.74 Å². The smallest absolute Gasteiger partial charge is 0.235 e. The lowest BCUT2D eigenvalue weighted by atomic mass is 10.1. The van der Waals surface area contributed by atoms with Crippen LogP contribution in [0, 0.1) is 13.8 Å². The third-order valence-corrected chi connectivity index (χ3v) is 4.29. The molecule has 0 aliphatic carbocycles. The van der Waals surface area contributed by atoms with Crippen LogP contribution in [-0.4, -0.2) is 12.1 Å². The summed E-state index contributed by atoms with van der Waals surface area (Å²) >= 11 is 0. The topological polar surface area (TPSA) is 29.1 Å². The number of rotatable bonds is 1. The third-order valence-electron chi connectivity index (χ3n) is 4.29. The summed E-state index contributed by atoms with van der Waals surface area (Å²) in [6.45, 7) is 4.29. The van der Waals surface area contributed by atoms with E-state index in [2.05, 4.69) is 53.8 Å². The van der Waals surface area contributed by atoms with E-state index in [1.807, 2.05) is 12.1 Å². The van der Waals surface area contributed by atoms with Crippen molar-refractivity contribution in [2.24, 2.45) is 0 Å². The van der Waals surface area contributed by atoms with Crippen LogP contribution >= 0.6 is 0 Å². The number of pyridine rings is 2. The van der Waals surface area contributed by atoms with Gasteiger partial charge in [-0.25, -0.2) is 0 Å². The molecule has 112 valence electrons. The van der Waals surface area contributed by atoms with Gasteiger partial charge < -0.3 is 26.7 Å². The molecule has 0 bridgehead atoms. The molecule has 0 radical (unpaired) electrons. The first kappa shape index (κ1) is 14.9. The van der Waals surface area contributed by atoms with Crippen molar-refractivity contribution >= 4 is 27.3 Å². The summed E-state index contributed by atoms with van der Waals surface area (Å²) in [6, 6.07) is 10.6. The van der Waals surface area contributed by atoms with Crippen LogP contribution in [0.2, 0.25) is 0 Å². The minimum absolute atomic E-state index is 0. The number of aromatic nitrogens is 2. The molecule has 0 aliphatic heterocycles. The molecule has 4 heteroatoms. The van der Waals surface area contributed by atoms with E-state index in [1.165, 1.54) is 32.9 Å². The lowest BCUT2D eigenvalue weighted by Gasteiger charge is -1.99. The molecular formula is C18H17BrN2O. The maximum atomic E-state index is 5.32. The number of H-pyrrole nitrogens is 1. The van der Waals surface area contributed by atoms with Gasteiger partial charge in [-0.2, -0.15) is 4.40 Å². The third kappa shape index (κ3) is 2.06. The SMILES string of the molecule is COc1ccc2c(c1)[nH]c1c2cc[n+]2cc(C)c(C)cc12.[Br-]. The fraction of sp³-hybridized carbons (Fsp3) is 0.167. The largest absolute Gasteiger partial charge is 1.00 e. The highest BCUT2D eigenvalue weighted by atomic mass is 79.9. The Balaban J connectivity index is 0.00000144. The van der Waals surface area contributed by atoms with Crippen LogP contribution in [0.4, 0.5) is 0 Å². The van der Waals surface area contributed by atoms with Crippen LogP contribution in [0.15, 0.2) is 42.7 Å². The monoisotopic (exact) mass is 356 g/mol. The van der Waals surface area contributed by atoms with Gasteiger partial charge in [0, 0.05) is 34.5 Å². The van der Waals surface area contributed by atoms with Crippen molar-refractivity contribution in [2.75, 3.05) is 7.11 Å². The van der Waals surface area contributed by atoms with E-state index in [0.29, 0.717) is 0 Å². The van der Waals surface area contributed by atoms with Gasteiger partial charge in [0.15, 0.2) is 12.4 Å². The Morgan fingerprint density at radius 3 is 2.59 bits per heavy atom. The standard InChI is InChI=1S/C18H16N2O.BrH/c1-11-8-17-18-15(6-7-20(17)10-12(11)2)14-5-4-13(21-3)9-16(14)19-18;/h4-10H,1-3H3;1H. The van der Waals surface area contributed by atoms with Crippen molar-refractivity contribution in [2.45, 2.75) is 13.8 Å². The number of nitrogens with zero attached hydrogens (tertiary/aromatic N) is 1. The van der Waals surface area contributed by atoms with Crippen LogP contribution in [0.3, 0.4) is 0 Å². The number of ether oxygens (including phenoxy) is 1. The fourth-order valence-electron chi connectivity index (χ4n) is 2.95. The molecule has 0 aliphatic rings. The molecule has 3 heterocycles. The molecule has 0 unspecified atom stereocenters. The number of halogens is 1. The molecule has 1 N–H and O–H groups in total. The van der Waals surface area contributed by atoms with Crippen LogP contribution in [-0.2, 0) is 0 Å². The minimum Gasteiger partial charge on any atom is -1.00 e. The second-order valence-electron chi connectivity index (χ2n) is 5.57. The van der Waals surface area contributed by atoms with E-state index in [9.17, 15) is 0 Å². The molecule has 4 aromatic rings. The lowest BCUT2D eigenvalue weighted by Crippen LogP contribution is -3.00.